The summed E-state index contributed by atoms with van der Waals surface area (Å²) in [7, 11) is -3.82. The Labute approximate surface area is 278 Å². The molecule has 5 rings (SSSR count). The van der Waals surface area contributed by atoms with Crippen LogP contribution in [0.3, 0.4) is 0 Å². The van der Waals surface area contributed by atoms with Crippen LogP contribution in [-0.2, 0) is 26.5 Å². The number of hydrogen-bond donors (Lipinski definition) is 0. The zero-order chi connectivity index (χ0) is 32.7. The number of sulfonamides is 2. The van der Waals surface area contributed by atoms with Gasteiger partial charge in [0.25, 0.3) is 0 Å². The Bertz CT molecular complexity index is 1480. The highest BCUT2D eigenvalue weighted by molar-refractivity contribution is 7.90. The zero-order valence-electron chi connectivity index (χ0n) is 28.1. The number of benzene rings is 2. The smallest absolute Gasteiger partial charge is 0.245 e. The summed E-state index contributed by atoms with van der Waals surface area (Å²) in [4.78, 5) is 9.07. The number of nitrogens with zero attached hydrogens (tertiary/aromatic N) is 6. The minimum Gasteiger partial charge on any atom is -0.369 e. The molecule has 3 saturated heterocycles. The Morgan fingerprint density at radius 2 is 1.24 bits per heavy atom. The van der Waals surface area contributed by atoms with Crippen LogP contribution in [0.2, 0.25) is 0 Å². The summed E-state index contributed by atoms with van der Waals surface area (Å²) in [6, 6.07) is 13.9. The second-order valence-electron chi connectivity index (χ2n) is 13.2. The fourth-order valence-corrected chi connectivity index (χ4v) is 10.4. The minimum atomic E-state index is -3.92. The maximum atomic E-state index is 14.5. The molecular formula is C34H54N6O4S2. The van der Waals surface area contributed by atoms with Gasteiger partial charge in [0.2, 0.25) is 20.0 Å². The van der Waals surface area contributed by atoms with Crippen molar-refractivity contribution in [2.45, 2.75) is 61.7 Å². The van der Waals surface area contributed by atoms with Crippen molar-refractivity contribution in [3.05, 3.63) is 48.0 Å². The third-order valence-electron chi connectivity index (χ3n) is 9.72. The molecule has 0 N–H and O–H groups in total. The van der Waals surface area contributed by atoms with E-state index < -0.39 is 20.0 Å². The van der Waals surface area contributed by atoms with E-state index in [0.29, 0.717) is 63.7 Å². The van der Waals surface area contributed by atoms with E-state index in [1.165, 1.54) is 11.6 Å². The van der Waals surface area contributed by atoms with Crippen LogP contribution < -0.4 is 9.80 Å². The van der Waals surface area contributed by atoms with Gasteiger partial charge in [-0.3, -0.25) is 4.90 Å². The molecule has 0 aliphatic carbocycles. The van der Waals surface area contributed by atoms with E-state index in [4.69, 9.17) is 0 Å². The molecule has 3 fully saturated rings. The summed E-state index contributed by atoms with van der Waals surface area (Å²) >= 11 is 0. The summed E-state index contributed by atoms with van der Waals surface area (Å²) in [5.74, 6) is 0. The predicted molar refractivity (Wildman–Crippen MR) is 187 cm³/mol. The van der Waals surface area contributed by atoms with E-state index in [1.807, 2.05) is 33.2 Å². The van der Waals surface area contributed by atoms with Crippen LogP contribution in [0.25, 0.3) is 0 Å². The summed E-state index contributed by atoms with van der Waals surface area (Å²) in [5, 5.41) is 0. The number of rotatable bonds is 13. The quantitative estimate of drug-likeness (QED) is 0.318. The number of piperazine rings is 1. The van der Waals surface area contributed by atoms with Gasteiger partial charge in [-0.2, -0.15) is 8.61 Å². The first-order valence-corrected chi connectivity index (χ1v) is 20.1. The highest BCUT2D eigenvalue weighted by Crippen LogP contribution is 2.40. The van der Waals surface area contributed by atoms with Crippen LogP contribution in [0.15, 0.2) is 52.3 Å². The summed E-state index contributed by atoms with van der Waals surface area (Å²) in [5.41, 5.74) is 2.55. The van der Waals surface area contributed by atoms with E-state index in [-0.39, 0.29) is 9.79 Å². The molecule has 0 amide bonds. The number of piperidine rings is 2. The van der Waals surface area contributed by atoms with Crippen LogP contribution in [0.5, 0.6) is 0 Å². The van der Waals surface area contributed by atoms with E-state index in [0.717, 1.165) is 71.1 Å². The first-order valence-electron chi connectivity index (χ1n) is 17.2. The van der Waals surface area contributed by atoms with Crippen molar-refractivity contribution >= 4 is 31.4 Å². The van der Waals surface area contributed by atoms with Crippen LogP contribution in [0.4, 0.5) is 11.4 Å². The van der Waals surface area contributed by atoms with Gasteiger partial charge in [0.15, 0.2) is 0 Å². The number of likely N-dealkylation sites (N-methyl/N-ethyl adjacent to an activating group) is 2. The molecule has 0 bridgehead atoms. The summed E-state index contributed by atoms with van der Waals surface area (Å²) in [6.07, 6.45) is 6.26. The van der Waals surface area contributed by atoms with Gasteiger partial charge >= 0.3 is 0 Å². The van der Waals surface area contributed by atoms with Crippen molar-refractivity contribution in [1.29, 1.82) is 0 Å². The van der Waals surface area contributed by atoms with Crippen molar-refractivity contribution in [2.75, 3.05) is 102 Å². The molecule has 0 atom stereocenters. The van der Waals surface area contributed by atoms with Crippen LogP contribution >= 0.6 is 0 Å². The monoisotopic (exact) mass is 674 g/mol. The van der Waals surface area contributed by atoms with Gasteiger partial charge in [0, 0.05) is 78.5 Å². The summed E-state index contributed by atoms with van der Waals surface area (Å²) in [6.45, 7) is 9.84. The first kappa shape index (κ1) is 35.1. The molecular weight excluding hydrogens is 621 g/mol. The molecule has 3 heterocycles. The Morgan fingerprint density at radius 3 is 1.78 bits per heavy atom. The number of anilines is 2. The van der Waals surface area contributed by atoms with Gasteiger partial charge in [0.1, 0.15) is 9.79 Å². The molecule has 46 heavy (non-hydrogen) atoms. The average Bonchev–Trinajstić information content (AvgIpc) is 3.08. The van der Waals surface area contributed by atoms with Crippen molar-refractivity contribution in [3.63, 3.8) is 0 Å². The van der Waals surface area contributed by atoms with Gasteiger partial charge in [-0.1, -0.05) is 43.2 Å². The second kappa shape index (κ2) is 15.8. The van der Waals surface area contributed by atoms with Gasteiger partial charge in [0.05, 0.1) is 11.4 Å². The van der Waals surface area contributed by atoms with Crippen molar-refractivity contribution in [1.82, 2.24) is 18.4 Å². The maximum Gasteiger partial charge on any atom is 0.245 e. The van der Waals surface area contributed by atoms with E-state index >= 15 is 0 Å². The Morgan fingerprint density at radius 1 is 0.674 bits per heavy atom. The molecule has 10 nitrogen and oxygen atoms in total. The van der Waals surface area contributed by atoms with Crippen molar-refractivity contribution in [2.24, 2.45) is 0 Å². The maximum absolute atomic E-state index is 14.5. The zero-order valence-corrected chi connectivity index (χ0v) is 29.7. The second-order valence-corrected chi connectivity index (χ2v) is 17.0. The van der Waals surface area contributed by atoms with Gasteiger partial charge in [-0.25, -0.2) is 16.8 Å². The molecule has 12 heteroatoms. The van der Waals surface area contributed by atoms with Crippen molar-refractivity contribution < 1.29 is 16.8 Å². The molecule has 2 aromatic rings. The lowest BCUT2D eigenvalue weighted by Crippen LogP contribution is -2.48. The lowest BCUT2D eigenvalue weighted by molar-refractivity contribution is 0.260. The molecule has 3 aliphatic heterocycles. The number of hydrogen-bond acceptors (Lipinski definition) is 8. The van der Waals surface area contributed by atoms with E-state index in [2.05, 4.69) is 43.9 Å². The molecule has 0 spiro atoms. The van der Waals surface area contributed by atoms with Gasteiger partial charge < -0.3 is 14.7 Å². The molecule has 0 radical (unpaired) electrons. The lowest BCUT2D eigenvalue weighted by Gasteiger charge is -2.39. The molecule has 256 valence electrons. The Balaban J connectivity index is 1.55. The summed E-state index contributed by atoms with van der Waals surface area (Å²) < 4.78 is 60.9. The van der Waals surface area contributed by atoms with E-state index in [1.54, 1.807) is 8.61 Å². The van der Waals surface area contributed by atoms with Crippen LogP contribution in [0.1, 0.15) is 51.0 Å². The first-order chi connectivity index (χ1) is 22.1. The third kappa shape index (κ3) is 8.25. The topological polar surface area (TPSA) is 87.7 Å². The Kier molecular flexibility index (Phi) is 12.0. The van der Waals surface area contributed by atoms with Gasteiger partial charge in [-0.15, -0.1) is 0 Å². The molecule has 0 aromatic heterocycles. The van der Waals surface area contributed by atoms with E-state index in [9.17, 15) is 16.8 Å². The fourth-order valence-electron chi connectivity index (χ4n) is 6.85. The minimum absolute atomic E-state index is 0.121. The molecule has 3 aliphatic rings. The Hall–Kier alpha value is -2.22. The standard InChI is InChI=1S/C34H54N6O4S2/c1-4-37(25-22-35(2)3)31-28-32(38-26-23-36(24-27-38)21-16-30-14-8-5-9-15-30)34(46(43,44)40-19-12-7-13-20-40)29-33(31)45(41,42)39-17-10-6-11-18-39/h5,8-9,14-15,28-29H,4,6-7,10-13,16-27H2,1-3H3. The van der Waals surface area contributed by atoms with Crippen molar-refractivity contribution in [3.8, 4) is 0 Å². The van der Waals surface area contributed by atoms with Crippen LogP contribution in [0, 0.1) is 0 Å². The fraction of sp³-hybridized carbons (Fsp3) is 0.647. The largest absolute Gasteiger partial charge is 0.369 e. The highest BCUT2D eigenvalue weighted by Gasteiger charge is 2.37. The van der Waals surface area contributed by atoms with Crippen LogP contribution in [-0.4, -0.2) is 128 Å². The molecule has 2 aromatic carbocycles. The highest BCUT2D eigenvalue weighted by atomic mass is 32.2. The average molecular weight is 675 g/mol. The third-order valence-corrected chi connectivity index (χ3v) is 13.6. The molecule has 0 unspecified atom stereocenters. The lowest BCUT2D eigenvalue weighted by atomic mass is 10.1. The predicted octanol–water partition coefficient (Wildman–Crippen LogP) is 3.79. The SMILES string of the molecule is CCN(CCN(C)C)c1cc(N2CCN(CCc3ccccc3)CC2)c(S(=O)(=O)N2CCCCC2)cc1S(=O)(=O)N1CCCCC1. The molecule has 0 saturated carbocycles. The normalized spacial score (nSPS) is 19.5. The van der Waals surface area contributed by atoms with Gasteiger partial charge in [-0.05, 0) is 70.8 Å².